The van der Waals surface area contributed by atoms with Gasteiger partial charge in [-0.1, -0.05) is 25.3 Å². The van der Waals surface area contributed by atoms with Crippen LogP contribution in [0.1, 0.15) is 61.5 Å². The Labute approximate surface area is 166 Å². The number of rotatable bonds is 1. The minimum Gasteiger partial charge on any atom is -0.322 e. The Morgan fingerprint density at radius 1 is 1.04 bits per heavy atom. The predicted molar refractivity (Wildman–Crippen MR) is 112 cm³/mol. The average molecular weight is 371 g/mol. The van der Waals surface area contributed by atoms with E-state index >= 15 is 0 Å². The average Bonchev–Trinajstić information content (AvgIpc) is 3.36. The number of pyridine rings is 1. The van der Waals surface area contributed by atoms with Gasteiger partial charge >= 0.3 is 0 Å². The first-order valence-corrected chi connectivity index (χ1v) is 10.6. The second-order valence-electron chi connectivity index (χ2n) is 8.80. The molecule has 1 spiro atoms. The largest absolute Gasteiger partial charge is 0.322 e. The highest BCUT2D eigenvalue weighted by Crippen LogP contribution is 2.55. The van der Waals surface area contributed by atoms with Gasteiger partial charge in [-0.2, -0.15) is 0 Å². The fourth-order valence-electron chi connectivity index (χ4n) is 6.03. The van der Waals surface area contributed by atoms with Crippen LogP contribution in [0.2, 0.25) is 0 Å². The van der Waals surface area contributed by atoms with Gasteiger partial charge in [0.2, 0.25) is 0 Å². The van der Waals surface area contributed by atoms with E-state index in [0.717, 1.165) is 12.2 Å². The van der Waals surface area contributed by atoms with Crippen molar-refractivity contribution >= 4 is 11.5 Å². The van der Waals surface area contributed by atoms with E-state index in [0.29, 0.717) is 6.04 Å². The lowest BCUT2D eigenvalue weighted by atomic mass is 9.67. The van der Waals surface area contributed by atoms with E-state index in [-0.39, 0.29) is 5.41 Å². The summed E-state index contributed by atoms with van der Waals surface area (Å²) in [5, 5.41) is 0. The first-order valence-electron chi connectivity index (χ1n) is 10.6. The van der Waals surface area contributed by atoms with Crippen LogP contribution in [-0.4, -0.2) is 20.6 Å². The summed E-state index contributed by atoms with van der Waals surface area (Å²) in [6.07, 6.45) is 13.4. The lowest BCUT2D eigenvalue weighted by molar-refractivity contribution is 0.268. The summed E-state index contributed by atoms with van der Waals surface area (Å²) in [7, 11) is 0. The standard InChI is InChI=1S/C24H26N4/c1-16-13-21-18(15-22-25-11-12-27(21)22)14-20(16)28-17(2)24(8-4-3-5-9-24)19-7-6-10-26-23(19)28/h6-7,10-14,17H,3-5,8-9,15H2,1-2H3. The predicted octanol–water partition coefficient (Wildman–Crippen LogP) is 5.22. The highest BCUT2D eigenvalue weighted by atomic mass is 15.3. The summed E-state index contributed by atoms with van der Waals surface area (Å²) >= 11 is 0. The first-order chi connectivity index (χ1) is 13.7. The molecule has 1 saturated carbocycles. The summed E-state index contributed by atoms with van der Waals surface area (Å²) in [5.41, 5.74) is 7.01. The Bertz CT molecular complexity index is 1070. The van der Waals surface area contributed by atoms with Crippen molar-refractivity contribution in [1.29, 1.82) is 0 Å². The van der Waals surface area contributed by atoms with E-state index in [4.69, 9.17) is 4.98 Å². The lowest BCUT2D eigenvalue weighted by Crippen LogP contribution is -2.42. The van der Waals surface area contributed by atoms with Crippen molar-refractivity contribution in [1.82, 2.24) is 14.5 Å². The Balaban J connectivity index is 1.51. The molecule has 2 aromatic heterocycles. The van der Waals surface area contributed by atoms with Gasteiger partial charge in [-0.15, -0.1) is 0 Å². The molecule has 0 amide bonds. The first kappa shape index (κ1) is 16.3. The van der Waals surface area contributed by atoms with Gasteiger partial charge in [-0.3, -0.25) is 0 Å². The highest BCUT2D eigenvalue weighted by molar-refractivity contribution is 5.75. The topological polar surface area (TPSA) is 34.0 Å². The molecule has 1 atom stereocenters. The minimum atomic E-state index is 0.250. The van der Waals surface area contributed by atoms with Gasteiger partial charge in [0.1, 0.15) is 11.6 Å². The number of fused-ring (bicyclic) bond motifs is 5. The van der Waals surface area contributed by atoms with Crippen molar-refractivity contribution in [2.24, 2.45) is 0 Å². The number of hydrogen-bond acceptors (Lipinski definition) is 3. The second-order valence-corrected chi connectivity index (χ2v) is 8.80. The van der Waals surface area contributed by atoms with Crippen LogP contribution in [0.25, 0.3) is 5.69 Å². The molecule has 4 heteroatoms. The minimum absolute atomic E-state index is 0.250. The zero-order valence-corrected chi connectivity index (χ0v) is 16.7. The molecule has 1 aromatic carbocycles. The fraction of sp³-hybridized carbons (Fsp3) is 0.417. The summed E-state index contributed by atoms with van der Waals surface area (Å²) < 4.78 is 2.23. The van der Waals surface area contributed by atoms with E-state index in [1.807, 2.05) is 12.4 Å². The van der Waals surface area contributed by atoms with Gasteiger partial charge < -0.3 is 9.47 Å². The Kier molecular flexibility index (Phi) is 3.32. The van der Waals surface area contributed by atoms with Crippen molar-refractivity contribution in [3.8, 4) is 5.69 Å². The molecule has 4 nitrogen and oxygen atoms in total. The van der Waals surface area contributed by atoms with Crippen molar-refractivity contribution < 1.29 is 0 Å². The molecule has 0 radical (unpaired) electrons. The monoisotopic (exact) mass is 370 g/mol. The molecule has 3 aliphatic rings. The van der Waals surface area contributed by atoms with Crippen LogP contribution in [0.4, 0.5) is 11.5 Å². The number of aryl methyl sites for hydroxylation is 1. The third kappa shape index (κ3) is 2.01. The number of anilines is 2. The summed E-state index contributed by atoms with van der Waals surface area (Å²) in [4.78, 5) is 12.0. The van der Waals surface area contributed by atoms with Gasteiger partial charge in [0.15, 0.2) is 0 Å². The number of benzene rings is 1. The van der Waals surface area contributed by atoms with Gasteiger partial charge in [0, 0.05) is 47.7 Å². The van der Waals surface area contributed by atoms with Crippen LogP contribution >= 0.6 is 0 Å². The molecule has 6 rings (SSSR count). The van der Waals surface area contributed by atoms with E-state index in [9.17, 15) is 0 Å². The molecule has 1 unspecified atom stereocenters. The molecular weight excluding hydrogens is 344 g/mol. The Morgan fingerprint density at radius 3 is 2.75 bits per heavy atom. The van der Waals surface area contributed by atoms with Crippen LogP contribution in [0.3, 0.4) is 0 Å². The van der Waals surface area contributed by atoms with E-state index < -0.39 is 0 Å². The maximum atomic E-state index is 4.89. The molecule has 142 valence electrons. The molecule has 4 heterocycles. The Hall–Kier alpha value is -2.62. The third-order valence-corrected chi connectivity index (χ3v) is 7.47. The highest BCUT2D eigenvalue weighted by Gasteiger charge is 2.50. The lowest BCUT2D eigenvalue weighted by Gasteiger charge is -2.40. The van der Waals surface area contributed by atoms with E-state index in [2.05, 4.69) is 58.8 Å². The third-order valence-electron chi connectivity index (χ3n) is 7.47. The molecule has 1 aliphatic carbocycles. The smallest absolute Gasteiger partial charge is 0.137 e. The van der Waals surface area contributed by atoms with Crippen molar-refractivity contribution in [2.45, 2.75) is 63.8 Å². The molecular formula is C24H26N4. The van der Waals surface area contributed by atoms with Crippen LogP contribution in [0.5, 0.6) is 0 Å². The molecule has 0 saturated heterocycles. The van der Waals surface area contributed by atoms with Crippen molar-refractivity contribution in [3.05, 3.63) is 65.4 Å². The second kappa shape index (κ2) is 5.69. The fourth-order valence-corrected chi connectivity index (χ4v) is 6.03. The molecule has 3 aromatic rings. The van der Waals surface area contributed by atoms with E-state index in [1.165, 1.54) is 66.0 Å². The van der Waals surface area contributed by atoms with Gasteiger partial charge in [0.25, 0.3) is 0 Å². The number of nitrogens with zero attached hydrogens (tertiary/aromatic N) is 4. The van der Waals surface area contributed by atoms with Crippen LogP contribution in [0.15, 0.2) is 42.9 Å². The van der Waals surface area contributed by atoms with Gasteiger partial charge in [-0.05, 0) is 56.0 Å². The normalized spacial score (nSPS) is 21.6. The SMILES string of the molecule is Cc1cc2c(cc1N1c3ncccc3C3(CCCCC3)C1C)Cc1nccn1-2. The van der Waals surface area contributed by atoms with Gasteiger partial charge in [0.05, 0.1) is 5.69 Å². The molecule has 1 fully saturated rings. The molecule has 0 bridgehead atoms. The molecule has 28 heavy (non-hydrogen) atoms. The Morgan fingerprint density at radius 2 is 1.89 bits per heavy atom. The molecule has 2 aliphatic heterocycles. The zero-order chi connectivity index (χ0) is 18.9. The van der Waals surface area contributed by atoms with Crippen LogP contribution in [-0.2, 0) is 11.8 Å². The summed E-state index contributed by atoms with van der Waals surface area (Å²) in [5.74, 6) is 2.32. The van der Waals surface area contributed by atoms with Crippen LogP contribution in [0, 0.1) is 6.92 Å². The summed E-state index contributed by atoms with van der Waals surface area (Å²) in [6.45, 7) is 4.66. The van der Waals surface area contributed by atoms with Crippen molar-refractivity contribution in [2.75, 3.05) is 4.90 Å². The van der Waals surface area contributed by atoms with E-state index in [1.54, 1.807) is 0 Å². The number of aromatic nitrogens is 3. The summed E-state index contributed by atoms with van der Waals surface area (Å²) in [6, 6.07) is 9.63. The maximum Gasteiger partial charge on any atom is 0.137 e. The maximum absolute atomic E-state index is 4.89. The number of imidazole rings is 1. The molecule has 0 N–H and O–H groups in total. The zero-order valence-electron chi connectivity index (χ0n) is 16.7. The van der Waals surface area contributed by atoms with Crippen molar-refractivity contribution in [3.63, 3.8) is 0 Å². The van der Waals surface area contributed by atoms with Crippen LogP contribution < -0.4 is 4.90 Å². The van der Waals surface area contributed by atoms with Gasteiger partial charge in [-0.25, -0.2) is 9.97 Å². The quantitative estimate of drug-likeness (QED) is 0.460. The number of hydrogen-bond donors (Lipinski definition) is 0.